The molecule has 72 valence electrons. The minimum Gasteiger partial charge on any atom is -0.351 e. The number of carbonyl (C=O) groups is 1. The monoisotopic (exact) mass is 180 g/mol. The van der Waals surface area contributed by atoms with Crippen molar-refractivity contribution in [3.63, 3.8) is 0 Å². The Balaban J connectivity index is 4.04. The molecule has 0 fully saturated rings. The maximum Gasteiger partial charge on any atom is 0.234 e. The van der Waals surface area contributed by atoms with E-state index in [1.54, 1.807) is 6.08 Å². The van der Waals surface area contributed by atoms with Gasteiger partial charge >= 0.3 is 0 Å². The summed E-state index contributed by atoms with van der Waals surface area (Å²) < 4.78 is 0. The van der Waals surface area contributed by atoms with Gasteiger partial charge in [-0.2, -0.15) is 0 Å². The van der Waals surface area contributed by atoms with Crippen molar-refractivity contribution < 1.29 is 4.79 Å². The van der Waals surface area contributed by atoms with Crippen molar-refractivity contribution in [1.82, 2.24) is 5.32 Å². The summed E-state index contributed by atoms with van der Waals surface area (Å²) in [5.74, 6) is -0.153. The summed E-state index contributed by atoms with van der Waals surface area (Å²) in [4.78, 5) is 10.8. The zero-order valence-electron chi connectivity index (χ0n) is 7.92. The van der Waals surface area contributed by atoms with E-state index < -0.39 is 0 Å². The highest BCUT2D eigenvalue weighted by Crippen LogP contribution is 1.95. The fourth-order valence-corrected chi connectivity index (χ4v) is 0.812. The van der Waals surface area contributed by atoms with Gasteiger partial charge in [-0.3, -0.25) is 4.79 Å². The average Bonchev–Trinajstić information content (AvgIpc) is 2.14. The zero-order chi connectivity index (χ0) is 10.1. The highest BCUT2D eigenvalue weighted by Gasteiger charge is 1.96. The van der Waals surface area contributed by atoms with Gasteiger partial charge in [0.15, 0.2) is 0 Å². The van der Waals surface area contributed by atoms with Crippen molar-refractivity contribution in [3.8, 4) is 0 Å². The summed E-state index contributed by atoms with van der Waals surface area (Å²) in [5.41, 5.74) is 6.14. The van der Waals surface area contributed by atoms with Crippen LogP contribution in [-0.4, -0.2) is 19.0 Å². The van der Waals surface area contributed by atoms with E-state index in [1.165, 1.54) is 0 Å². The first-order valence-corrected chi connectivity index (χ1v) is 4.15. The third-order valence-corrected chi connectivity index (χ3v) is 1.39. The van der Waals surface area contributed by atoms with Gasteiger partial charge in [0.1, 0.15) is 0 Å². The molecule has 0 rings (SSSR count). The highest BCUT2D eigenvalue weighted by molar-refractivity contribution is 5.78. The molecule has 0 unspecified atom stereocenters. The van der Waals surface area contributed by atoms with Crippen molar-refractivity contribution in [2.24, 2.45) is 5.73 Å². The average molecular weight is 180 g/mol. The molecule has 1 amide bonds. The summed E-state index contributed by atoms with van der Waals surface area (Å²) in [6, 6.07) is 0. The fourth-order valence-electron chi connectivity index (χ4n) is 0.812. The molecule has 0 spiro atoms. The lowest BCUT2D eigenvalue weighted by Gasteiger charge is -2.03. The minimum atomic E-state index is -0.153. The van der Waals surface area contributed by atoms with E-state index in [2.05, 4.69) is 11.9 Å². The largest absolute Gasteiger partial charge is 0.351 e. The molecule has 0 aromatic heterocycles. The Morgan fingerprint density at radius 3 is 2.77 bits per heavy atom. The molecular formula is C10H16N2O. The number of nitrogens with one attached hydrogen (secondary N) is 1. The van der Waals surface area contributed by atoms with E-state index in [9.17, 15) is 4.79 Å². The normalized spacial score (nSPS) is 11.7. The van der Waals surface area contributed by atoms with Crippen LogP contribution in [0.3, 0.4) is 0 Å². The lowest BCUT2D eigenvalue weighted by atomic mass is 10.2. The van der Waals surface area contributed by atoms with Gasteiger partial charge in [0.25, 0.3) is 0 Å². The molecule has 3 N–H and O–H groups in total. The maximum absolute atomic E-state index is 10.8. The Bertz CT molecular complexity index is 229. The predicted octanol–water partition coefficient (Wildman–Crippen LogP) is 0.750. The summed E-state index contributed by atoms with van der Waals surface area (Å²) in [7, 11) is 0. The van der Waals surface area contributed by atoms with Crippen LogP contribution in [0.2, 0.25) is 0 Å². The van der Waals surface area contributed by atoms with E-state index >= 15 is 0 Å². The summed E-state index contributed by atoms with van der Waals surface area (Å²) in [6.45, 7) is 6.02. The van der Waals surface area contributed by atoms with Gasteiger partial charge in [0, 0.05) is 6.54 Å². The standard InChI is InChI=1S/C10H16N2O/c1-3-5-9(6-4-2)8-12-10(13)7-11/h3-6H,1,7-8,11H2,2H3,(H,12,13)/b6-4-,9-5+. The zero-order valence-corrected chi connectivity index (χ0v) is 7.92. The number of hydrogen-bond donors (Lipinski definition) is 2. The van der Waals surface area contributed by atoms with Crippen LogP contribution in [0.25, 0.3) is 0 Å². The first-order valence-electron chi connectivity index (χ1n) is 4.15. The van der Waals surface area contributed by atoms with Crippen LogP contribution in [0.15, 0.2) is 36.5 Å². The quantitative estimate of drug-likeness (QED) is 0.613. The van der Waals surface area contributed by atoms with Gasteiger partial charge in [-0.05, 0) is 12.5 Å². The lowest BCUT2D eigenvalue weighted by molar-refractivity contribution is -0.119. The van der Waals surface area contributed by atoms with Crippen LogP contribution in [0.1, 0.15) is 6.92 Å². The number of amides is 1. The molecule has 0 aromatic carbocycles. The molecule has 0 bridgehead atoms. The van der Waals surface area contributed by atoms with Crippen LogP contribution in [0.5, 0.6) is 0 Å². The molecule has 3 heteroatoms. The van der Waals surface area contributed by atoms with E-state index in [0.29, 0.717) is 6.54 Å². The van der Waals surface area contributed by atoms with Gasteiger partial charge in [-0.15, -0.1) is 0 Å². The molecule has 0 aliphatic heterocycles. The summed E-state index contributed by atoms with van der Waals surface area (Å²) >= 11 is 0. The van der Waals surface area contributed by atoms with E-state index in [0.717, 1.165) is 5.57 Å². The number of hydrogen-bond acceptors (Lipinski definition) is 2. The maximum atomic E-state index is 10.8. The first kappa shape index (κ1) is 11.6. The van der Waals surface area contributed by atoms with Crippen LogP contribution in [0.4, 0.5) is 0 Å². The topological polar surface area (TPSA) is 55.1 Å². The second-order valence-electron chi connectivity index (χ2n) is 2.46. The van der Waals surface area contributed by atoms with E-state index in [1.807, 2.05) is 25.2 Å². The van der Waals surface area contributed by atoms with Crippen LogP contribution in [0, 0.1) is 0 Å². The minimum absolute atomic E-state index is 0.0250. The molecule has 0 atom stereocenters. The van der Waals surface area contributed by atoms with Gasteiger partial charge in [-0.25, -0.2) is 0 Å². The highest BCUT2D eigenvalue weighted by atomic mass is 16.1. The molecule has 0 saturated carbocycles. The van der Waals surface area contributed by atoms with Gasteiger partial charge in [0.2, 0.25) is 5.91 Å². The van der Waals surface area contributed by atoms with Gasteiger partial charge < -0.3 is 11.1 Å². The molecule has 0 aliphatic rings. The van der Waals surface area contributed by atoms with E-state index in [4.69, 9.17) is 5.73 Å². The van der Waals surface area contributed by atoms with Crippen LogP contribution in [-0.2, 0) is 4.79 Å². The van der Waals surface area contributed by atoms with Crippen molar-refractivity contribution in [2.75, 3.05) is 13.1 Å². The van der Waals surface area contributed by atoms with Crippen LogP contribution < -0.4 is 11.1 Å². The lowest BCUT2D eigenvalue weighted by Crippen LogP contribution is -2.31. The summed E-state index contributed by atoms with van der Waals surface area (Å²) in [6.07, 6.45) is 7.35. The Kier molecular flexibility index (Phi) is 6.55. The predicted molar refractivity (Wildman–Crippen MR) is 55.2 cm³/mol. The molecule has 3 nitrogen and oxygen atoms in total. The fraction of sp³-hybridized carbons (Fsp3) is 0.300. The van der Waals surface area contributed by atoms with Crippen molar-refractivity contribution in [3.05, 3.63) is 36.5 Å². The van der Waals surface area contributed by atoms with Gasteiger partial charge in [-0.1, -0.05) is 30.9 Å². The third-order valence-electron chi connectivity index (χ3n) is 1.39. The van der Waals surface area contributed by atoms with Crippen molar-refractivity contribution >= 4 is 5.91 Å². The Morgan fingerprint density at radius 2 is 2.31 bits per heavy atom. The SMILES string of the molecule is C=C/C=C(\C=C/C)CNC(=O)CN. The Hall–Kier alpha value is -1.35. The first-order chi connectivity index (χ1) is 6.24. The van der Waals surface area contributed by atoms with Crippen molar-refractivity contribution in [1.29, 1.82) is 0 Å². The number of nitrogens with two attached hydrogens (primary N) is 1. The van der Waals surface area contributed by atoms with Crippen molar-refractivity contribution in [2.45, 2.75) is 6.92 Å². The Morgan fingerprint density at radius 1 is 1.62 bits per heavy atom. The third kappa shape index (κ3) is 5.87. The smallest absolute Gasteiger partial charge is 0.234 e. The molecule has 0 aromatic rings. The Labute approximate surface area is 79.0 Å². The van der Waals surface area contributed by atoms with E-state index in [-0.39, 0.29) is 12.5 Å². The number of carbonyl (C=O) groups excluding carboxylic acids is 1. The number of rotatable bonds is 5. The summed E-state index contributed by atoms with van der Waals surface area (Å²) in [5, 5.41) is 2.67. The second-order valence-corrected chi connectivity index (χ2v) is 2.46. The molecule has 0 aliphatic carbocycles. The number of allylic oxidation sites excluding steroid dienone is 3. The molecule has 0 saturated heterocycles. The van der Waals surface area contributed by atoms with Crippen LogP contribution >= 0.6 is 0 Å². The van der Waals surface area contributed by atoms with Gasteiger partial charge in [0.05, 0.1) is 6.54 Å². The second kappa shape index (κ2) is 7.31. The molecule has 0 heterocycles. The molecule has 0 radical (unpaired) electrons. The molecule has 13 heavy (non-hydrogen) atoms. The molecular weight excluding hydrogens is 164 g/mol.